The van der Waals surface area contributed by atoms with Crippen molar-refractivity contribution in [3.8, 4) is 5.75 Å². The van der Waals surface area contributed by atoms with Gasteiger partial charge in [-0.05, 0) is 18.2 Å². The van der Waals surface area contributed by atoms with Gasteiger partial charge in [0.2, 0.25) is 0 Å². The van der Waals surface area contributed by atoms with Gasteiger partial charge in [0.25, 0.3) is 0 Å². The third-order valence-corrected chi connectivity index (χ3v) is 2.62. The molecule has 0 radical (unpaired) electrons. The number of nitrogens with one attached hydrogen (secondary N) is 2. The average molecular weight is 288 g/mol. The van der Waals surface area contributed by atoms with Gasteiger partial charge in [-0.1, -0.05) is 24.3 Å². The first-order valence-electron chi connectivity index (χ1n) is 6.46. The number of hydrogen-bond donors (Lipinski definition) is 2. The number of anilines is 1. The molecule has 1 aromatic carbocycles. The highest BCUT2D eigenvalue weighted by Crippen LogP contribution is 2.23. The van der Waals surface area contributed by atoms with Crippen molar-refractivity contribution < 1.29 is 19.1 Å². The van der Waals surface area contributed by atoms with Crippen LogP contribution in [0.2, 0.25) is 0 Å². The Kier molecular flexibility index (Phi) is 4.98. The van der Waals surface area contributed by atoms with E-state index >= 15 is 0 Å². The molecule has 1 heterocycles. The molecule has 1 amide bonds. The van der Waals surface area contributed by atoms with Crippen LogP contribution in [0.25, 0.3) is 0 Å². The Morgan fingerprint density at radius 2 is 2.14 bits per heavy atom. The van der Waals surface area contributed by atoms with Crippen molar-refractivity contribution in [2.75, 3.05) is 18.5 Å². The van der Waals surface area contributed by atoms with Crippen LogP contribution in [0, 0.1) is 0 Å². The summed E-state index contributed by atoms with van der Waals surface area (Å²) in [7, 11) is 0. The largest absolute Gasteiger partial charge is 0.443 e. The predicted octanol–water partition coefficient (Wildman–Crippen LogP) is 2.20. The van der Waals surface area contributed by atoms with Crippen LogP contribution in [0.5, 0.6) is 5.75 Å². The molecule has 1 aliphatic heterocycles. The fourth-order valence-corrected chi connectivity index (χ4v) is 1.70. The van der Waals surface area contributed by atoms with Gasteiger partial charge in [-0.2, -0.15) is 0 Å². The minimum Gasteiger partial charge on any atom is -0.443 e. The van der Waals surface area contributed by atoms with Gasteiger partial charge in [-0.3, -0.25) is 10.1 Å². The van der Waals surface area contributed by atoms with Crippen molar-refractivity contribution in [3.05, 3.63) is 48.2 Å². The molecule has 6 nitrogen and oxygen atoms in total. The molecule has 1 aliphatic rings. The molecule has 2 N–H and O–H groups in total. The standard InChI is InChI=1S/C15H16N2O4/c1-11(18)21-14-8-3-2-7-13(14)17-15(19)20-10-12-6-4-5-9-16-12/h2-8,16H,9-10H2,1H3,(H,17,19). The number of dihydropyridines is 1. The predicted molar refractivity (Wildman–Crippen MR) is 77.9 cm³/mol. The van der Waals surface area contributed by atoms with Crippen LogP contribution in [-0.4, -0.2) is 25.2 Å². The van der Waals surface area contributed by atoms with E-state index in [1.54, 1.807) is 24.3 Å². The van der Waals surface area contributed by atoms with E-state index in [1.807, 2.05) is 18.2 Å². The third-order valence-electron chi connectivity index (χ3n) is 2.62. The highest BCUT2D eigenvalue weighted by atomic mass is 16.6. The van der Waals surface area contributed by atoms with Gasteiger partial charge in [0, 0.05) is 19.2 Å². The third kappa shape index (κ3) is 4.68. The Morgan fingerprint density at radius 1 is 1.33 bits per heavy atom. The van der Waals surface area contributed by atoms with Gasteiger partial charge in [-0.25, -0.2) is 4.79 Å². The highest BCUT2D eigenvalue weighted by molar-refractivity contribution is 5.87. The zero-order valence-electron chi connectivity index (χ0n) is 11.6. The van der Waals surface area contributed by atoms with Crippen molar-refractivity contribution in [2.24, 2.45) is 0 Å². The summed E-state index contributed by atoms with van der Waals surface area (Å²) in [6.07, 6.45) is 5.07. The zero-order chi connectivity index (χ0) is 15.1. The number of carbonyl (C=O) groups excluding carboxylic acids is 2. The van der Waals surface area contributed by atoms with E-state index in [9.17, 15) is 9.59 Å². The molecule has 0 fully saturated rings. The molecule has 2 rings (SSSR count). The lowest BCUT2D eigenvalue weighted by molar-refractivity contribution is -0.131. The van der Waals surface area contributed by atoms with E-state index < -0.39 is 12.1 Å². The second kappa shape index (κ2) is 7.14. The van der Waals surface area contributed by atoms with Crippen LogP contribution in [0.3, 0.4) is 0 Å². The van der Waals surface area contributed by atoms with Crippen LogP contribution < -0.4 is 15.4 Å². The van der Waals surface area contributed by atoms with Gasteiger partial charge in [0.1, 0.15) is 6.61 Å². The minimum absolute atomic E-state index is 0.145. The van der Waals surface area contributed by atoms with Crippen LogP contribution in [0.15, 0.2) is 48.2 Å². The lowest BCUT2D eigenvalue weighted by atomic mass is 10.3. The SMILES string of the molecule is CC(=O)Oc1ccccc1NC(=O)OCC1=CC=CCN1. The number of para-hydroxylation sites is 2. The average Bonchev–Trinajstić information content (AvgIpc) is 2.48. The first kappa shape index (κ1) is 14.6. The Labute approximate surface area is 122 Å². The van der Waals surface area contributed by atoms with Crippen LogP contribution in [0.4, 0.5) is 10.5 Å². The molecule has 0 unspecified atom stereocenters. The summed E-state index contributed by atoms with van der Waals surface area (Å²) in [6.45, 7) is 2.15. The van der Waals surface area contributed by atoms with Gasteiger partial charge in [0.15, 0.2) is 5.75 Å². The van der Waals surface area contributed by atoms with E-state index in [0.29, 0.717) is 12.2 Å². The summed E-state index contributed by atoms with van der Waals surface area (Å²) in [6, 6.07) is 6.64. The summed E-state index contributed by atoms with van der Waals surface area (Å²) in [5.74, 6) is -0.180. The Hall–Kier alpha value is -2.76. The molecule has 0 atom stereocenters. The van der Waals surface area contributed by atoms with Gasteiger partial charge in [-0.15, -0.1) is 0 Å². The molecular formula is C15H16N2O4. The monoisotopic (exact) mass is 288 g/mol. The molecular weight excluding hydrogens is 272 g/mol. The Bertz CT molecular complexity index is 593. The molecule has 1 aromatic rings. The fraction of sp³-hybridized carbons (Fsp3) is 0.200. The number of benzene rings is 1. The molecule has 0 saturated heterocycles. The molecule has 110 valence electrons. The van der Waals surface area contributed by atoms with E-state index in [1.165, 1.54) is 6.92 Å². The van der Waals surface area contributed by atoms with Crippen LogP contribution >= 0.6 is 0 Å². The van der Waals surface area contributed by atoms with Crippen molar-refractivity contribution in [3.63, 3.8) is 0 Å². The number of ether oxygens (including phenoxy) is 2. The second-order valence-electron chi connectivity index (χ2n) is 4.29. The molecule has 0 bridgehead atoms. The van der Waals surface area contributed by atoms with E-state index in [4.69, 9.17) is 9.47 Å². The minimum atomic E-state index is -0.619. The maximum atomic E-state index is 11.7. The smallest absolute Gasteiger partial charge is 0.412 e. The lowest BCUT2D eigenvalue weighted by Crippen LogP contribution is -2.23. The maximum Gasteiger partial charge on any atom is 0.412 e. The number of esters is 1. The van der Waals surface area contributed by atoms with Crippen molar-refractivity contribution in [1.82, 2.24) is 5.32 Å². The first-order valence-corrected chi connectivity index (χ1v) is 6.46. The van der Waals surface area contributed by atoms with Gasteiger partial charge in [0.05, 0.1) is 5.69 Å². The number of allylic oxidation sites excluding steroid dienone is 2. The second-order valence-corrected chi connectivity index (χ2v) is 4.29. The maximum absolute atomic E-state index is 11.7. The van der Waals surface area contributed by atoms with Gasteiger partial charge < -0.3 is 14.8 Å². The zero-order valence-corrected chi connectivity index (χ0v) is 11.6. The number of rotatable bonds is 4. The summed E-state index contributed by atoms with van der Waals surface area (Å²) in [5.41, 5.74) is 1.20. The van der Waals surface area contributed by atoms with E-state index in [-0.39, 0.29) is 12.4 Å². The Balaban J connectivity index is 1.91. The first-order chi connectivity index (χ1) is 10.1. The molecule has 21 heavy (non-hydrogen) atoms. The lowest BCUT2D eigenvalue weighted by Gasteiger charge is -2.13. The summed E-state index contributed by atoms with van der Waals surface area (Å²) in [4.78, 5) is 22.7. The summed E-state index contributed by atoms with van der Waals surface area (Å²) < 4.78 is 10.1. The van der Waals surface area contributed by atoms with Crippen LogP contribution in [0.1, 0.15) is 6.92 Å². The number of hydrogen-bond acceptors (Lipinski definition) is 5. The highest BCUT2D eigenvalue weighted by Gasteiger charge is 2.10. The van der Waals surface area contributed by atoms with Crippen molar-refractivity contribution in [1.29, 1.82) is 0 Å². The van der Waals surface area contributed by atoms with E-state index in [2.05, 4.69) is 10.6 Å². The number of carbonyl (C=O) groups is 2. The number of amides is 1. The molecule has 6 heteroatoms. The quantitative estimate of drug-likeness (QED) is 0.656. The molecule has 0 aliphatic carbocycles. The molecule has 0 spiro atoms. The fourth-order valence-electron chi connectivity index (χ4n) is 1.70. The van der Waals surface area contributed by atoms with Gasteiger partial charge >= 0.3 is 12.1 Å². The molecule has 0 saturated carbocycles. The summed E-state index contributed by atoms with van der Waals surface area (Å²) >= 11 is 0. The summed E-state index contributed by atoms with van der Waals surface area (Å²) in [5, 5.41) is 5.62. The van der Waals surface area contributed by atoms with Crippen molar-refractivity contribution in [2.45, 2.75) is 6.92 Å². The Morgan fingerprint density at radius 3 is 2.86 bits per heavy atom. The topological polar surface area (TPSA) is 76.7 Å². The van der Waals surface area contributed by atoms with Crippen molar-refractivity contribution >= 4 is 17.7 Å². The van der Waals surface area contributed by atoms with E-state index in [0.717, 1.165) is 5.70 Å². The normalized spacial score (nSPS) is 12.9. The molecule has 0 aromatic heterocycles. The van der Waals surface area contributed by atoms with Crippen LogP contribution in [-0.2, 0) is 9.53 Å².